The second kappa shape index (κ2) is 4.69. The molecule has 0 bridgehead atoms. The van der Waals surface area contributed by atoms with Gasteiger partial charge in [0.1, 0.15) is 0 Å². The van der Waals surface area contributed by atoms with E-state index in [0.29, 0.717) is 29.3 Å². The van der Waals surface area contributed by atoms with Crippen LogP contribution in [0.4, 0.5) is 5.82 Å². The van der Waals surface area contributed by atoms with Crippen LogP contribution in [-0.4, -0.2) is 24.3 Å². The van der Waals surface area contributed by atoms with Gasteiger partial charge in [-0.15, -0.1) is 11.3 Å². The van der Waals surface area contributed by atoms with Gasteiger partial charge >= 0.3 is 0 Å². The largest absolute Gasteiger partial charge is 0.381 e. The first-order valence-corrected chi connectivity index (χ1v) is 9.63. The summed E-state index contributed by atoms with van der Waals surface area (Å²) in [6.45, 7) is 0.522. The van der Waals surface area contributed by atoms with E-state index >= 15 is 0 Å². The number of nitrogens with zero attached hydrogens (tertiary/aromatic N) is 2. The van der Waals surface area contributed by atoms with Crippen molar-refractivity contribution in [3.8, 4) is 0 Å². The number of anilines is 1. The number of nitrogens with one attached hydrogen (secondary N) is 1. The summed E-state index contributed by atoms with van der Waals surface area (Å²) in [5.41, 5.74) is 5.79. The first-order valence-electron chi connectivity index (χ1n) is 7.27. The quantitative estimate of drug-likeness (QED) is 0.845. The number of hydrogen-bond donors (Lipinski definition) is 2. The van der Waals surface area contributed by atoms with Crippen molar-refractivity contribution in [1.29, 1.82) is 0 Å². The Bertz CT molecular complexity index is 759. The van der Waals surface area contributed by atoms with Gasteiger partial charge in [0.05, 0.1) is 0 Å². The second-order valence-corrected chi connectivity index (χ2v) is 8.60. The molecule has 2 fully saturated rings. The van der Waals surface area contributed by atoms with Gasteiger partial charge in [-0.05, 0) is 43.4 Å². The van der Waals surface area contributed by atoms with Gasteiger partial charge in [-0.1, -0.05) is 0 Å². The van der Waals surface area contributed by atoms with E-state index in [1.165, 1.54) is 37.0 Å². The van der Waals surface area contributed by atoms with Crippen molar-refractivity contribution in [1.82, 2.24) is 14.1 Å². The summed E-state index contributed by atoms with van der Waals surface area (Å²) in [7, 11) is -3.62. The Balaban J connectivity index is 1.58. The van der Waals surface area contributed by atoms with Crippen molar-refractivity contribution in [2.75, 3.05) is 12.3 Å². The predicted octanol–water partition coefficient (Wildman–Crippen LogP) is 1.69. The van der Waals surface area contributed by atoms with E-state index < -0.39 is 10.0 Å². The van der Waals surface area contributed by atoms with Gasteiger partial charge < -0.3 is 5.73 Å². The van der Waals surface area contributed by atoms with E-state index in [2.05, 4.69) is 9.71 Å². The van der Waals surface area contributed by atoms with Crippen LogP contribution in [0.3, 0.4) is 0 Å². The van der Waals surface area contributed by atoms with Crippen molar-refractivity contribution in [3.63, 3.8) is 0 Å². The van der Waals surface area contributed by atoms with E-state index in [-0.39, 0.29) is 10.8 Å². The summed E-state index contributed by atoms with van der Waals surface area (Å²) in [6.07, 6.45) is 6.66. The van der Waals surface area contributed by atoms with E-state index in [1.807, 2.05) is 0 Å². The molecule has 21 heavy (non-hydrogen) atoms. The van der Waals surface area contributed by atoms with E-state index in [4.69, 9.17) is 5.73 Å². The van der Waals surface area contributed by atoms with Gasteiger partial charge in [-0.3, -0.25) is 4.40 Å². The van der Waals surface area contributed by atoms with Crippen LogP contribution in [0.2, 0.25) is 0 Å². The first kappa shape index (κ1) is 13.5. The highest BCUT2D eigenvalue weighted by Gasteiger charge is 2.41. The van der Waals surface area contributed by atoms with Crippen molar-refractivity contribution in [2.24, 2.45) is 17.8 Å². The predicted molar refractivity (Wildman–Crippen MR) is 81.6 cm³/mol. The molecule has 0 saturated heterocycles. The molecule has 0 atom stereocenters. The summed E-state index contributed by atoms with van der Waals surface area (Å²) in [5, 5.41) is 1.88. The van der Waals surface area contributed by atoms with Crippen LogP contribution in [0.1, 0.15) is 25.7 Å². The number of nitrogen functional groups attached to an aromatic ring is 1. The maximum atomic E-state index is 12.6. The second-order valence-electron chi connectivity index (χ2n) is 6.05. The van der Waals surface area contributed by atoms with Crippen LogP contribution in [0.15, 0.2) is 16.6 Å². The van der Waals surface area contributed by atoms with Crippen LogP contribution in [0.25, 0.3) is 4.96 Å². The van der Waals surface area contributed by atoms with Gasteiger partial charge in [-0.2, -0.15) is 0 Å². The van der Waals surface area contributed by atoms with Crippen LogP contribution >= 0.6 is 11.3 Å². The number of nitrogens with two attached hydrogens (primary N) is 1. The minimum atomic E-state index is -3.62. The van der Waals surface area contributed by atoms with Crippen molar-refractivity contribution < 1.29 is 8.42 Å². The number of rotatable bonds is 6. The smallest absolute Gasteiger partial charge is 0.260 e. The monoisotopic (exact) mass is 326 g/mol. The Morgan fingerprint density at radius 1 is 1.38 bits per heavy atom. The van der Waals surface area contributed by atoms with Crippen molar-refractivity contribution in [2.45, 2.75) is 30.7 Å². The molecule has 2 saturated carbocycles. The van der Waals surface area contributed by atoms with E-state index in [0.717, 1.165) is 0 Å². The number of aromatic nitrogens is 2. The molecule has 2 aromatic rings. The summed E-state index contributed by atoms with van der Waals surface area (Å²) >= 11 is 1.37. The van der Waals surface area contributed by atoms with Crippen LogP contribution < -0.4 is 10.5 Å². The molecule has 4 rings (SSSR count). The zero-order valence-electron chi connectivity index (χ0n) is 11.5. The Morgan fingerprint density at radius 3 is 2.67 bits per heavy atom. The lowest BCUT2D eigenvalue weighted by atomic mass is 9.99. The third-order valence-electron chi connectivity index (χ3n) is 4.46. The minimum absolute atomic E-state index is 0.0729. The Morgan fingerprint density at radius 2 is 2.05 bits per heavy atom. The average molecular weight is 326 g/mol. The lowest BCUT2D eigenvalue weighted by molar-refractivity contribution is 0.401. The van der Waals surface area contributed by atoms with Crippen molar-refractivity contribution >= 4 is 32.1 Å². The fourth-order valence-corrected chi connectivity index (χ4v) is 5.14. The lowest BCUT2D eigenvalue weighted by Gasteiger charge is -2.16. The molecule has 0 spiro atoms. The Kier molecular flexibility index (Phi) is 3.02. The number of thiazole rings is 1. The normalized spacial score (nSPS) is 19.7. The maximum Gasteiger partial charge on any atom is 0.260 e. The number of hydrogen-bond acceptors (Lipinski definition) is 5. The highest BCUT2D eigenvalue weighted by molar-refractivity contribution is 7.89. The molecule has 0 aliphatic heterocycles. The van der Waals surface area contributed by atoms with Crippen LogP contribution in [0, 0.1) is 17.8 Å². The number of imidazole rings is 1. The topological polar surface area (TPSA) is 89.5 Å². The molecule has 2 aliphatic carbocycles. The number of fused-ring (bicyclic) bond motifs is 1. The Labute approximate surface area is 127 Å². The zero-order valence-corrected chi connectivity index (χ0v) is 13.2. The van der Waals surface area contributed by atoms with Crippen LogP contribution in [0.5, 0.6) is 0 Å². The molecule has 0 unspecified atom stereocenters. The Hall–Kier alpha value is -1.12. The van der Waals surface area contributed by atoms with Gasteiger partial charge in [0.2, 0.25) is 0 Å². The summed E-state index contributed by atoms with van der Waals surface area (Å²) < 4.78 is 29.4. The molecule has 6 nitrogen and oxygen atoms in total. The number of sulfonamides is 1. The minimum Gasteiger partial charge on any atom is -0.381 e. The third kappa shape index (κ3) is 2.45. The van der Waals surface area contributed by atoms with Gasteiger partial charge in [0.15, 0.2) is 15.8 Å². The maximum absolute atomic E-state index is 12.6. The summed E-state index contributed by atoms with van der Waals surface area (Å²) in [6, 6.07) is 0. The highest BCUT2D eigenvalue weighted by atomic mass is 32.2. The van der Waals surface area contributed by atoms with Gasteiger partial charge in [0.25, 0.3) is 10.0 Å². The van der Waals surface area contributed by atoms with Gasteiger partial charge in [0, 0.05) is 18.1 Å². The fraction of sp³-hybridized carbons (Fsp3) is 0.615. The highest BCUT2D eigenvalue weighted by Crippen LogP contribution is 2.48. The zero-order chi connectivity index (χ0) is 14.6. The molecule has 2 heterocycles. The van der Waals surface area contributed by atoms with Crippen molar-refractivity contribution in [3.05, 3.63) is 11.6 Å². The molecule has 0 amide bonds. The standard InChI is InChI=1S/C13H18N4O2S2/c14-11-12(17-5-6-20-13(17)16-11)21(18,19)15-7-10(8-1-2-8)9-3-4-9/h5-6,8-10,15H,1-4,7,14H2. The lowest BCUT2D eigenvalue weighted by Crippen LogP contribution is -2.32. The molecule has 0 aromatic carbocycles. The SMILES string of the molecule is Nc1nc2sccn2c1S(=O)(=O)NCC(C1CC1)C1CC1. The molecule has 0 radical (unpaired) electrons. The van der Waals surface area contributed by atoms with Gasteiger partial charge in [-0.25, -0.2) is 18.1 Å². The fourth-order valence-electron chi connectivity index (χ4n) is 3.09. The molecule has 3 N–H and O–H groups in total. The van der Waals surface area contributed by atoms with E-state index in [1.54, 1.807) is 16.0 Å². The average Bonchev–Trinajstić information content (AvgIpc) is 3.31. The molecular weight excluding hydrogens is 308 g/mol. The summed E-state index contributed by atoms with van der Waals surface area (Å²) in [5.74, 6) is 1.99. The molecule has 2 aromatic heterocycles. The molecular formula is C13H18N4O2S2. The molecule has 2 aliphatic rings. The molecule has 8 heteroatoms. The third-order valence-corrected chi connectivity index (χ3v) is 6.68. The van der Waals surface area contributed by atoms with E-state index in [9.17, 15) is 8.42 Å². The summed E-state index contributed by atoms with van der Waals surface area (Å²) in [4.78, 5) is 4.71. The first-order chi connectivity index (χ1) is 10.1. The van der Waals surface area contributed by atoms with Crippen LogP contribution in [-0.2, 0) is 10.0 Å². The molecule has 114 valence electrons.